The first-order valence-corrected chi connectivity index (χ1v) is 12.2. The molecule has 0 aliphatic rings. The zero-order valence-electron chi connectivity index (χ0n) is 18.3. The molecule has 0 radical (unpaired) electrons. The number of rotatable bonds is 7. The van der Waals surface area contributed by atoms with Gasteiger partial charge in [0.25, 0.3) is 0 Å². The van der Waals surface area contributed by atoms with Gasteiger partial charge in [-0.25, -0.2) is 4.98 Å². The zero-order valence-corrected chi connectivity index (χ0v) is 19.9. The second-order valence-corrected chi connectivity index (χ2v) is 9.75. The minimum atomic E-state index is -0.194. The number of carbonyl (C=O) groups excluding carboxylic acids is 2. The molecule has 2 N–H and O–H groups in total. The smallest absolute Gasteiger partial charge is 0.248 e. The van der Waals surface area contributed by atoms with Gasteiger partial charge in [0.2, 0.25) is 11.8 Å². The predicted octanol–water partition coefficient (Wildman–Crippen LogP) is 6.30. The van der Waals surface area contributed by atoms with E-state index >= 15 is 0 Å². The molecule has 1 heterocycles. The van der Waals surface area contributed by atoms with E-state index in [1.165, 1.54) is 29.2 Å². The first kappa shape index (κ1) is 22.8. The van der Waals surface area contributed by atoms with Crippen molar-refractivity contribution in [2.24, 2.45) is 0 Å². The fourth-order valence-corrected chi connectivity index (χ4v) is 5.19. The van der Waals surface area contributed by atoms with Crippen LogP contribution in [0.2, 0.25) is 0 Å². The van der Waals surface area contributed by atoms with E-state index in [0.29, 0.717) is 5.69 Å². The van der Waals surface area contributed by atoms with Gasteiger partial charge >= 0.3 is 0 Å². The van der Waals surface area contributed by atoms with Crippen molar-refractivity contribution < 1.29 is 9.59 Å². The van der Waals surface area contributed by atoms with Gasteiger partial charge < -0.3 is 10.6 Å². The van der Waals surface area contributed by atoms with E-state index < -0.39 is 0 Å². The summed E-state index contributed by atoms with van der Waals surface area (Å²) >= 11 is 2.91. The summed E-state index contributed by atoms with van der Waals surface area (Å²) in [6, 6.07) is 21.2. The summed E-state index contributed by atoms with van der Waals surface area (Å²) in [6.07, 6.45) is 3.29. The summed E-state index contributed by atoms with van der Waals surface area (Å²) in [6.45, 7) is 3.97. The minimum absolute atomic E-state index is 0.0604. The number of amides is 2. The van der Waals surface area contributed by atoms with E-state index in [-0.39, 0.29) is 17.6 Å². The Kier molecular flexibility index (Phi) is 7.22. The molecule has 0 bridgehead atoms. The third kappa shape index (κ3) is 6.09. The van der Waals surface area contributed by atoms with Gasteiger partial charge in [0.1, 0.15) is 0 Å². The van der Waals surface area contributed by atoms with E-state index in [1.807, 2.05) is 80.6 Å². The van der Waals surface area contributed by atoms with Crippen molar-refractivity contribution in [1.29, 1.82) is 0 Å². The molecule has 4 rings (SSSR count). The highest BCUT2D eigenvalue weighted by Crippen LogP contribution is 2.31. The number of benzene rings is 3. The number of thiazole rings is 1. The highest BCUT2D eigenvalue weighted by molar-refractivity contribution is 8.01. The number of nitrogens with zero attached hydrogens (tertiary/aromatic N) is 1. The fraction of sp³-hybridized carbons (Fsp3) is 0.115. The summed E-state index contributed by atoms with van der Waals surface area (Å²) in [7, 11) is 0. The maximum atomic E-state index is 12.4. The molecule has 0 aliphatic carbocycles. The maximum Gasteiger partial charge on any atom is 0.248 e. The highest BCUT2D eigenvalue weighted by atomic mass is 32.2. The number of hydrogen-bond acceptors (Lipinski definition) is 5. The van der Waals surface area contributed by atoms with Gasteiger partial charge in [-0.15, -0.1) is 11.3 Å². The average Bonchev–Trinajstić information content (AvgIpc) is 3.22. The van der Waals surface area contributed by atoms with Gasteiger partial charge in [-0.3, -0.25) is 9.59 Å². The number of hydrogen-bond donors (Lipinski definition) is 2. The number of para-hydroxylation sites is 1. The van der Waals surface area contributed by atoms with Gasteiger partial charge in [-0.2, -0.15) is 0 Å². The lowest BCUT2D eigenvalue weighted by Gasteiger charge is -2.10. The third-order valence-electron chi connectivity index (χ3n) is 4.94. The Morgan fingerprint density at radius 1 is 0.970 bits per heavy atom. The van der Waals surface area contributed by atoms with Crippen molar-refractivity contribution >= 4 is 62.6 Å². The Bertz CT molecular complexity index is 1310. The van der Waals surface area contributed by atoms with Crippen LogP contribution in [0.3, 0.4) is 0 Å². The Morgan fingerprint density at radius 3 is 2.48 bits per heavy atom. The molecule has 0 atom stereocenters. The van der Waals surface area contributed by atoms with E-state index in [0.717, 1.165) is 36.9 Å². The van der Waals surface area contributed by atoms with Crippen molar-refractivity contribution in [3.63, 3.8) is 0 Å². The van der Waals surface area contributed by atoms with Crippen LogP contribution in [-0.4, -0.2) is 22.6 Å². The standard InChI is InChI=1S/C26H23N3O2S2/c1-17-7-6-8-18(2)25(17)29-24(31)16-32-26-28-21-13-12-20(15-22(21)33-26)27-23(30)14-11-19-9-4-3-5-10-19/h3-15H,16H2,1-2H3,(H,27,30)(H,29,31). The van der Waals surface area contributed by atoms with E-state index in [1.54, 1.807) is 6.08 Å². The highest BCUT2D eigenvalue weighted by Gasteiger charge is 2.11. The van der Waals surface area contributed by atoms with Crippen molar-refractivity contribution in [1.82, 2.24) is 4.98 Å². The lowest BCUT2D eigenvalue weighted by molar-refractivity contribution is -0.114. The van der Waals surface area contributed by atoms with E-state index in [9.17, 15) is 9.59 Å². The molecule has 0 spiro atoms. The molecule has 5 nitrogen and oxygen atoms in total. The average molecular weight is 474 g/mol. The normalized spacial score (nSPS) is 11.1. The topological polar surface area (TPSA) is 71.1 Å². The second-order valence-electron chi connectivity index (χ2n) is 7.50. The Morgan fingerprint density at radius 2 is 1.73 bits per heavy atom. The summed E-state index contributed by atoms with van der Waals surface area (Å²) in [5, 5.41) is 5.88. The second kappa shape index (κ2) is 10.5. The number of nitrogens with one attached hydrogen (secondary N) is 2. The van der Waals surface area contributed by atoms with Gasteiger partial charge in [-0.1, -0.05) is 60.3 Å². The van der Waals surface area contributed by atoms with Crippen LogP contribution >= 0.6 is 23.1 Å². The molecule has 0 saturated carbocycles. The molecule has 7 heteroatoms. The molecule has 2 amide bonds. The Hall–Kier alpha value is -3.42. The quantitative estimate of drug-likeness (QED) is 0.244. The number of aryl methyl sites for hydroxylation is 2. The van der Waals surface area contributed by atoms with Crippen molar-refractivity contribution in [2.75, 3.05) is 16.4 Å². The van der Waals surface area contributed by atoms with Gasteiger partial charge in [0, 0.05) is 17.5 Å². The molecule has 0 fully saturated rings. The van der Waals surface area contributed by atoms with Crippen LogP contribution in [-0.2, 0) is 9.59 Å². The number of aromatic nitrogens is 1. The molecular weight excluding hydrogens is 450 g/mol. The summed E-state index contributed by atoms with van der Waals surface area (Å²) < 4.78 is 1.77. The largest absolute Gasteiger partial charge is 0.325 e. The maximum absolute atomic E-state index is 12.4. The van der Waals surface area contributed by atoms with Crippen LogP contribution in [0.15, 0.2) is 77.1 Å². The van der Waals surface area contributed by atoms with Gasteiger partial charge in [0.05, 0.1) is 16.0 Å². The van der Waals surface area contributed by atoms with Crippen molar-refractivity contribution in [3.8, 4) is 0 Å². The van der Waals surface area contributed by atoms with Crippen LogP contribution < -0.4 is 10.6 Å². The Labute approximate surface area is 200 Å². The van der Waals surface area contributed by atoms with Crippen molar-refractivity contribution in [3.05, 3.63) is 89.5 Å². The van der Waals surface area contributed by atoms with Crippen LogP contribution in [0.1, 0.15) is 16.7 Å². The summed E-state index contributed by atoms with van der Waals surface area (Å²) in [5.74, 6) is 0.0249. The van der Waals surface area contributed by atoms with E-state index in [4.69, 9.17) is 0 Å². The minimum Gasteiger partial charge on any atom is -0.325 e. The lowest BCUT2D eigenvalue weighted by Crippen LogP contribution is -2.15. The molecular formula is C26H23N3O2S2. The summed E-state index contributed by atoms with van der Waals surface area (Å²) in [5.41, 5.74) is 5.47. The van der Waals surface area contributed by atoms with Crippen LogP contribution in [0.25, 0.3) is 16.3 Å². The van der Waals surface area contributed by atoms with Gasteiger partial charge in [-0.05, 0) is 54.8 Å². The monoisotopic (exact) mass is 473 g/mol. The molecule has 3 aromatic carbocycles. The molecule has 0 unspecified atom stereocenters. The zero-order chi connectivity index (χ0) is 23.2. The Balaban J connectivity index is 1.36. The molecule has 0 saturated heterocycles. The van der Waals surface area contributed by atoms with Crippen LogP contribution in [0.5, 0.6) is 0 Å². The first-order valence-electron chi connectivity index (χ1n) is 10.4. The van der Waals surface area contributed by atoms with Crippen LogP contribution in [0.4, 0.5) is 11.4 Å². The third-order valence-corrected chi connectivity index (χ3v) is 7.10. The number of carbonyl (C=O) groups is 2. The molecule has 0 aliphatic heterocycles. The fourth-order valence-electron chi connectivity index (χ4n) is 3.28. The summed E-state index contributed by atoms with van der Waals surface area (Å²) in [4.78, 5) is 29.3. The molecule has 33 heavy (non-hydrogen) atoms. The molecule has 4 aromatic rings. The number of fused-ring (bicyclic) bond motifs is 1. The number of anilines is 2. The molecule has 1 aromatic heterocycles. The van der Waals surface area contributed by atoms with Crippen LogP contribution in [0, 0.1) is 13.8 Å². The predicted molar refractivity (Wildman–Crippen MR) is 139 cm³/mol. The lowest BCUT2D eigenvalue weighted by atomic mass is 10.1. The molecule has 166 valence electrons. The van der Waals surface area contributed by atoms with Crippen molar-refractivity contribution in [2.45, 2.75) is 18.2 Å². The van der Waals surface area contributed by atoms with E-state index in [2.05, 4.69) is 15.6 Å². The van der Waals surface area contributed by atoms with Gasteiger partial charge in [0.15, 0.2) is 4.34 Å². The SMILES string of the molecule is Cc1cccc(C)c1NC(=O)CSc1nc2ccc(NC(=O)C=Cc3ccccc3)cc2s1. The first-order chi connectivity index (χ1) is 16.0. The number of thioether (sulfide) groups is 1.